The number of rotatable bonds is 1. The van der Waals surface area contributed by atoms with Crippen LogP contribution < -0.4 is 0 Å². The maximum atomic E-state index is 8.04. The van der Waals surface area contributed by atoms with Crippen molar-refractivity contribution in [3.8, 4) is 0 Å². The Bertz CT molecular complexity index is 326. The van der Waals surface area contributed by atoms with E-state index in [2.05, 4.69) is 14.9 Å². The zero-order valence-corrected chi connectivity index (χ0v) is 5.60. The van der Waals surface area contributed by atoms with E-state index in [1.807, 2.05) is 0 Å². The molecule has 4 nitrogen and oxygen atoms in total. The van der Waals surface area contributed by atoms with Crippen LogP contribution in [-0.4, -0.2) is 0 Å². The molecule has 0 aliphatic rings. The fraction of sp³-hybridized carbons (Fsp3) is 0. The molecule has 0 atom stereocenters. The van der Waals surface area contributed by atoms with Crippen molar-refractivity contribution in [2.45, 2.75) is 0 Å². The van der Waals surface area contributed by atoms with Crippen molar-refractivity contribution >= 4 is 11.4 Å². The molecule has 0 saturated carbocycles. The van der Waals surface area contributed by atoms with Crippen LogP contribution in [0.25, 0.3) is 15.3 Å². The molecule has 0 aliphatic carbocycles. The van der Waals surface area contributed by atoms with Gasteiger partial charge in [0.1, 0.15) is 0 Å². The molecule has 0 saturated heterocycles. The molecular formula is C7H4N4. The molecule has 0 heterocycles. The summed E-state index contributed by atoms with van der Waals surface area (Å²) >= 11 is 0. The molecular weight excluding hydrogens is 140 g/mol. The van der Waals surface area contributed by atoms with E-state index in [0.29, 0.717) is 11.4 Å². The third-order valence-corrected chi connectivity index (χ3v) is 1.14. The molecule has 0 amide bonds. The third kappa shape index (κ3) is 1.71. The molecule has 52 valence electrons. The Kier molecular flexibility index (Phi) is 2.11. The molecule has 11 heavy (non-hydrogen) atoms. The van der Waals surface area contributed by atoms with Gasteiger partial charge in [0.05, 0.1) is 6.57 Å². The van der Waals surface area contributed by atoms with E-state index in [-0.39, 0.29) is 0 Å². The predicted octanol–water partition coefficient (Wildman–Crippen LogP) is 3.18. The summed E-state index contributed by atoms with van der Waals surface area (Å²) in [5.41, 5.74) is 9.12. The highest BCUT2D eigenvalue weighted by molar-refractivity contribution is 5.51. The largest absolute Gasteiger partial charge is 0.238 e. The number of hydrogen-bond acceptors (Lipinski definition) is 1. The van der Waals surface area contributed by atoms with Gasteiger partial charge in [-0.25, -0.2) is 4.85 Å². The summed E-state index contributed by atoms with van der Waals surface area (Å²) in [6.45, 7) is 6.64. The summed E-state index contributed by atoms with van der Waals surface area (Å²) in [6.07, 6.45) is 0. The van der Waals surface area contributed by atoms with Crippen LogP contribution in [0, 0.1) is 6.57 Å². The Hall–Kier alpha value is -1.98. The molecule has 0 radical (unpaired) electrons. The van der Waals surface area contributed by atoms with E-state index in [1.165, 1.54) is 0 Å². The van der Waals surface area contributed by atoms with E-state index in [9.17, 15) is 0 Å². The second-order valence-electron chi connectivity index (χ2n) is 1.82. The van der Waals surface area contributed by atoms with Crippen LogP contribution in [0.2, 0.25) is 0 Å². The lowest BCUT2D eigenvalue weighted by Gasteiger charge is -1.88. The molecule has 0 N–H and O–H groups in total. The van der Waals surface area contributed by atoms with Crippen molar-refractivity contribution in [1.82, 2.24) is 0 Å². The fourth-order valence-corrected chi connectivity index (χ4v) is 0.645. The van der Waals surface area contributed by atoms with Crippen LogP contribution in [0.1, 0.15) is 0 Å². The topological polar surface area (TPSA) is 53.1 Å². The predicted molar refractivity (Wildman–Crippen MR) is 41.5 cm³/mol. The van der Waals surface area contributed by atoms with E-state index < -0.39 is 0 Å². The molecule has 1 aromatic carbocycles. The van der Waals surface area contributed by atoms with Gasteiger partial charge in [0.2, 0.25) is 0 Å². The Balaban J connectivity index is 3.02. The van der Waals surface area contributed by atoms with Crippen molar-refractivity contribution in [3.05, 3.63) is 46.1 Å². The second kappa shape index (κ2) is 3.25. The summed E-state index contributed by atoms with van der Waals surface area (Å²) in [4.78, 5) is 5.80. The first-order valence-electron chi connectivity index (χ1n) is 2.89. The Morgan fingerprint density at radius 2 is 1.91 bits per heavy atom. The molecule has 0 aromatic heterocycles. The first-order valence-corrected chi connectivity index (χ1v) is 2.89. The smallest absolute Gasteiger partial charge is 0.187 e. The minimum atomic E-state index is 0.528. The number of azide groups is 1. The van der Waals surface area contributed by atoms with Gasteiger partial charge in [-0.05, 0) is 5.53 Å². The van der Waals surface area contributed by atoms with Crippen molar-refractivity contribution in [2.24, 2.45) is 5.11 Å². The Morgan fingerprint density at radius 3 is 2.36 bits per heavy atom. The lowest BCUT2D eigenvalue weighted by molar-refractivity contribution is 1.48. The van der Waals surface area contributed by atoms with Crippen LogP contribution in [0.3, 0.4) is 0 Å². The maximum absolute atomic E-state index is 8.04. The SMILES string of the molecule is [C-]#[N+]c1ccc(N=[N+]=[N-])cc1. The normalized spacial score (nSPS) is 7.91. The van der Waals surface area contributed by atoms with Gasteiger partial charge in [0.25, 0.3) is 0 Å². The molecule has 1 rings (SSSR count). The van der Waals surface area contributed by atoms with Gasteiger partial charge in [0.15, 0.2) is 5.69 Å². The van der Waals surface area contributed by atoms with Crippen LogP contribution in [0.15, 0.2) is 29.4 Å². The van der Waals surface area contributed by atoms with E-state index in [0.717, 1.165) is 0 Å². The summed E-state index contributed by atoms with van der Waals surface area (Å²) in [7, 11) is 0. The zero-order valence-electron chi connectivity index (χ0n) is 5.60. The quantitative estimate of drug-likeness (QED) is 0.251. The van der Waals surface area contributed by atoms with Crippen LogP contribution in [0.5, 0.6) is 0 Å². The summed E-state index contributed by atoms with van der Waals surface area (Å²) < 4.78 is 0. The average Bonchev–Trinajstić information content (AvgIpc) is 2.07. The highest BCUT2D eigenvalue weighted by atomic mass is 15.1. The van der Waals surface area contributed by atoms with Gasteiger partial charge in [-0.2, -0.15) is 0 Å². The lowest BCUT2D eigenvalue weighted by Crippen LogP contribution is -1.60. The van der Waals surface area contributed by atoms with Gasteiger partial charge in [0, 0.05) is 10.6 Å². The minimum absolute atomic E-state index is 0.528. The van der Waals surface area contributed by atoms with Crippen molar-refractivity contribution in [1.29, 1.82) is 0 Å². The molecule has 0 aliphatic heterocycles. The lowest BCUT2D eigenvalue weighted by atomic mass is 10.3. The molecule has 0 unspecified atom stereocenters. The third-order valence-electron chi connectivity index (χ3n) is 1.14. The summed E-state index contributed by atoms with van der Waals surface area (Å²) in [6, 6.07) is 6.42. The first-order chi connectivity index (χ1) is 5.36. The van der Waals surface area contributed by atoms with Gasteiger partial charge in [-0.1, -0.05) is 29.4 Å². The van der Waals surface area contributed by atoms with Crippen molar-refractivity contribution in [3.63, 3.8) is 0 Å². The molecule has 0 bridgehead atoms. The molecule has 0 fully saturated rings. The average molecular weight is 144 g/mol. The summed E-state index contributed by atoms with van der Waals surface area (Å²) in [5.74, 6) is 0. The maximum Gasteiger partial charge on any atom is 0.187 e. The first kappa shape index (κ1) is 7.13. The highest BCUT2D eigenvalue weighted by Gasteiger charge is 1.88. The molecule has 1 aromatic rings. The monoisotopic (exact) mass is 144 g/mol. The van der Waals surface area contributed by atoms with Gasteiger partial charge >= 0.3 is 0 Å². The van der Waals surface area contributed by atoms with E-state index >= 15 is 0 Å². The van der Waals surface area contributed by atoms with Crippen molar-refractivity contribution < 1.29 is 0 Å². The molecule has 0 spiro atoms. The Labute approximate surface area is 63.5 Å². The van der Waals surface area contributed by atoms with Crippen LogP contribution >= 0.6 is 0 Å². The van der Waals surface area contributed by atoms with E-state index in [4.69, 9.17) is 12.1 Å². The standard InChI is InChI=1S/C7H4N4/c1-9-6-2-4-7(5-3-6)10-11-8/h2-5H. The molecule has 4 heteroatoms. The van der Waals surface area contributed by atoms with Gasteiger partial charge in [-0.3, -0.25) is 0 Å². The zero-order chi connectivity index (χ0) is 8.10. The number of hydrogen-bond donors (Lipinski definition) is 0. The van der Waals surface area contributed by atoms with Crippen LogP contribution in [-0.2, 0) is 0 Å². The van der Waals surface area contributed by atoms with Crippen LogP contribution in [0.4, 0.5) is 11.4 Å². The number of nitrogens with zero attached hydrogens (tertiary/aromatic N) is 4. The van der Waals surface area contributed by atoms with Gasteiger partial charge < -0.3 is 0 Å². The fourth-order valence-electron chi connectivity index (χ4n) is 0.645. The second-order valence-corrected chi connectivity index (χ2v) is 1.82. The van der Waals surface area contributed by atoms with Gasteiger partial charge in [-0.15, -0.1) is 0 Å². The van der Waals surface area contributed by atoms with E-state index in [1.54, 1.807) is 24.3 Å². The minimum Gasteiger partial charge on any atom is -0.238 e. The summed E-state index contributed by atoms with van der Waals surface area (Å²) in [5, 5.41) is 3.36. The number of benzene rings is 1. The highest BCUT2D eigenvalue weighted by Crippen LogP contribution is 2.17. The Morgan fingerprint density at radius 1 is 1.27 bits per heavy atom. The van der Waals surface area contributed by atoms with Crippen molar-refractivity contribution in [2.75, 3.05) is 0 Å².